The Labute approximate surface area is 191 Å². The molecule has 176 valence electrons. The number of imide groups is 1. The van der Waals surface area contributed by atoms with E-state index in [4.69, 9.17) is 9.15 Å². The zero-order valence-corrected chi connectivity index (χ0v) is 17.7. The van der Waals surface area contributed by atoms with Crippen molar-refractivity contribution < 1.29 is 41.8 Å². The first kappa shape index (κ1) is 24.1. The van der Waals surface area contributed by atoms with E-state index >= 15 is 0 Å². The molecule has 3 amide bonds. The summed E-state index contributed by atoms with van der Waals surface area (Å²) < 4.78 is 38.5. The van der Waals surface area contributed by atoms with Crippen LogP contribution in [-0.4, -0.2) is 36.9 Å². The predicted octanol–water partition coefficient (Wildman–Crippen LogP) is 3.56. The molecule has 2 N–H and O–H groups in total. The summed E-state index contributed by atoms with van der Waals surface area (Å²) in [5.41, 5.74) is 1.09. The molecule has 0 saturated carbocycles. The van der Waals surface area contributed by atoms with Crippen LogP contribution in [0.2, 0.25) is 0 Å². The second kappa shape index (κ2) is 10.9. The van der Waals surface area contributed by atoms with Crippen molar-refractivity contribution in [3.05, 3.63) is 83.3 Å². The molecule has 0 aliphatic heterocycles. The summed E-state index contributed by atoms with van der Waals surface area (Å²) in [6, 6.07) is 12.1. The Kier molecular flexibility index (Phi) is 7.70. The topological polar surface area (TPSA) is 124 Å². The second-order valence-corrected chi connectivity index (χ2v) is 6.82. The van der Waals surface area contributed by atoms with Gasteiger partial charge in [-0.1, -0.05) is 6.07 Å². The molecule has 0 unspecified atom stereocenters. The lowest BCUT2D eigenvalue weighted by atomic mass is 10.1. The molecule has 0 aliphatic rings. The molecule has 0 fully saturated rings. The number of benzene rings is 2. The van der Waals surface area contributed by atoms with Crippen molar-refractivity contribution in [3.63, 3.8) is 0 Å². The quantitative estimate of drug-likeness (QED) is 0.481. The summed E-state index contributed by atoms with van der Waals surface area (Å²) in [5.74, 6) is -3.14. The van der Waals surface area contributed by atoms with Gasteiger partial charge in [-0.2, -0.15) is 8.78 Å². The van der Waals surface area contributed by atoms with Crippen LogP contribution >= 0.6 is 0 Å². The Morgan fingerprint density at radius 1 is 0.971 bits per heavy atom. The highest BCUT2D eigenvalue weighted by atomic mass is 19.3. The average molecular weight is 472 g/mol. The SMILES string of the molecule is Cc1ccc(C(=O)OCC(=O)NC(=O)c2ccc(OC(F)F)cc2)cc1NC(=O)c1ccco1. The number of amides is 3. The van der Waals surface area contributed by atoms with E-state index in [1.807, 2.05) is 5.32 Å². The maximum Gasteiger partial charge on any atom is 0.387 e. The zero-order valence-electron chi connectivity index (χ0n) is 17.7. The highest BCUT2D eigenvalue weighted by Gasteiger charge is 2.16. The lowest BCUT2D eigenvalue weighted by Crippen LogP contribution is -2.34. The van der Waals surface area contributed by atoms with Crippen molar-refractivity contribution in [1.29, 1.82) is 0 Å². The van der Waals surface area contributed by atoms with E-state index in [0.717, 1.165) is 12.1 Å². The van der Waals surface area contributed by atoms with Crippen molar-refractivity contribution >= 4 is 29.4 Å². The van der Waals surface area contributed by atoms with Gasteiger partial charge in [0.25, 0.3) is 17.7 Å². The third kappa shape index (κ3) is 6.48. The predicted molar refractivity (Wildman–Crippen MR) is 114 cm³/mol. The van der Waals surface area contributed by atoms with Crippen LogP contribution in [0.25, 0.3) is 0 Å². The molecule has 0 bridgehead atoms. The van der Waals surface area contributed by atoms with Gasteiger partial charge in [0.1, 0.15) is 5.75 Å². The van der Waals surface area contributed by atoms with Gasteiger partial charge in [-0.15, -0.1) is 0 Å². The van der Waals surface area contributed by atoms with Gasteiger partial charge in [0.05, 0.1) is 11.8 Å². The normalized spacial score (nSPS) is 10.5. The van der Waals surface area contributed by atoms with Crippen LogP contribution in [0.15, 0.2) is 65.3 Å². The Hall–Kier alpha value is -4.54. The summed E-state index contributed by atoms with van der Waals surface area (Å²) in [5, 5.41) is 4.63. The number of rotatable bonds is 8. The minimum Gasteiger partial charge on any atom is -0.459 e. The minimum absolute atomic E-state index is 0.0109. The summed E-state index contributed by atoms with van der Waals surface area (Å²) in [6.07, 6.45) is 1.35. The van der Waals surface area contributed by atoms with Gasteiger partial charge in [-0.05, 0) is 61.0 Å². The van der Waals surface area contributed by atoms with Crippen LogP contribution in [0.5, 0.6) is 5.75 Å². The van der Waals surface area contributed by atoms with Crippen LogP contribution in [-0.2, 0) is 9.53 Å². The van der Waals surface area contributed by atoms with Crippen LogP contribution in [0.4, 0.5) is 14.5 Å². The molecule has 0 atom stereocenters. The molecule has 0 radical (unpaired) electrons. The zero-order chi connectivity index (χ0) is 24.7. The van der Waals surface area contributed by atoms with Crippen LogP contribution in [0.3, 0.4) is 0 Å². The summed E-state index contributed by atoms with van der Waals surface area (Å²) in [6.45, 7) is -2.04. The van der Waals surface area contributed by atoms with E-state index < -0.39 is 36.9 Å². The van der Waals surface area contributed by atoms with E-state index in [2.05, 4.69) is 10.1 Å². The standard InChI is InChI=1S/C23H18F2N2O7/c1-13-4-5-15(11-17(13)26-21(30)18-3-2-10-32-18)22(31)33-12-19(28)27-20(29)14-6-8-16(9-7-14)34-23(24)25/h2-11,23H,12H2,1H3,(H,26,30)(H,27,28,29). The van der Waals surface area contributed by atoms with Gasteiger partial charge < -0.3 is 19.2 Å². The molecule has 3 rings (SSSR count). The lowest BCUT2D eigenvalue weighted by Gasteiger charge is -2.10. The van der Waals surface area contributed by atoms with E-state index in [0.29, 0.717) is 11.3 Å². The monoisotopic (exact) mass is 472 g/mol. The molecule has 3 aromatic rings. The number of hydrogen-bond acceptors (Lipinski definition) is 7. The summed E-state index contributed by atoms with van der Waals surface area (Å²) >= 11 is 0. The molecular formula is C23H18F2N2O7. The number of hydrogen-bond donors (Lipinski definition) is 2. The first-order valence-corrected chi connectivity index (χ1v) is 9.74. The van der Waals surface area contributed by atoms with Crippen molar-refractivity contribution in [2.75, 3.05) is 11.9 Å². The number of furan rings is 1. The van der Waals surface area contributed by atoms with Crippen LogP contribution in [0, 0.1) is 6.92 Å². The Morgan fingerprint density at radius 2 is 1.68 bits per heavy atom. The summed E-state index contributed by atoms with van der Waals surface area (Å²) in [4.78, 5) is 48.5. The lowest BCUT2D eigenvalue weighted by molar-refractivity contribution is -0.123. The molecule has 9 nitrogen and oxygen atoms in total. The molecule has 0 saturated heterocycles. The fourth-order valence-electron chi connectivity index (χ4n) is 2.71. The van der Waals surface area contributed by atoms with Gasteiger partial charge in [-0.3, -0.25) is 19.7 Å². The van der Waals surface area contributed by atoms with Gasteiger partial charge in [-0.25, -0.2) is 4.79 Å². The molecule has 0 spiro atoms. The largest absolute Gasteiger partial charge is 0.459 e. The molecule has 1 aromatic heterocycles. The smallest absolute Gasteiger partial charge is 0.387 e. The first-order chi connectivity index (χ1) is 16.2. The molecule has 11 heteroatoms. The van der Waals surface area contributed by atoms with Gasteiger partial charge in [0.15, 0.2) is 12.4 Å². The molecule has 2 aromatic carbocycles. The number of anilines is 1. The third-order valence-electron chi connectivity index (χ3n) is 4.40. The maximum atomic E-state index is 12.3. The number of halogens is 2. The number of carbonyl (C=O) groups is 4. The number of carbonyl (C=O) groups excluding carboxylic acids is 4. The van der Waals surface area contributed by atoms with Gasteiger partial charge >= 0.3 is 12.6 Å². The molecule has 1 heterocycles. The highest BCUT2D eigenvalue weighted by Crippen LogP contribution is 2.19. The molecular weight excluding hydrogens is 454 g/mol. The van der Waals surface area contributed by atoms with E-state index in [1.165, 1.54) is 36.6 Å². The van der Waals surface area contributed by atoms with Crippen molar-refractivity contribution in [2.45, 2.75) is 13.5 Å². The Balaban J connectivity index is 1.54. The van der Waals surface area contributed by atoms with Crippen LogP contribution in [0.1, 0.15) is 36.8 Å². The van der Waals surface area contributed by atoms with E-state index in [1.54, 1.807) is 19.1 Å². The fraction of sp³-hybridized carbons (Fsp3) is 0.130. The molecule has 34 heavy (non-hydrogen) atoms. The minimum atomic E-state index is -3.01. The highest BCUT2D eigenvalue weighted by molar-refractivity contribution is 6.06. The van der Waals surface area contributed by atoms with E-state index in [9.17, 15) is 28.0 Å². The molecule has 0 aliphatic carbocycles. The maximum absolute atomic E-state index is 12.3. The van der Waals surface area contributed by atoms with Crippen molar-refractivity contribution in [3.8, 4) is 5.75 Å². The average Bonchev–Trinajstić information content (AvgIpc) is 3.34. The first-order valence-electron chi connectivity index (χ1n) is 9.74. The second-order valence-electron chi connectivity index (χ2n) is 6.82. The van der Waals surface area contributed by atoms with Crippen molar-refractivity contribution in [2.24, 2.45) is 0 Å². The van der Waals surface area contributed by atoms with Crippen molar-refractivity contribution in [1.82, 2.24) is 5.32 Å². The van der Waals surface area contributed by atoms with Gasteiger partial charge in [0.2, 0.25) is 0 Å². The number of esters is 1. The van der Waals surface area contributed by atoms with Gasteiger partial charge in [0, 0.05) is 11.3 Å². The number of nitrogens with one attached hydrogen (secondary N) is 2. The Bertz CT molecular complexity index is 1190. The number of ether oxygens (including phenoxy) is 2. The third-order valence-corrected chi connectivity index (χ3v) is 4.40. The van der Waals surface area contributed by atoms with Crippen LogP contribution < -0.4 is 15.4 Å². The summed E-state index contributed by atoms with van der Waals surface area (Å²) in [7, 11) is 0. The number of alkyl halides is 2. The fourth-order valence-corrected chi connectivity index (χ4v) is 2.71. The number of aryl methyl sites for hydroxylation is 1. The Morgan fingerprint density at radius 3 is 2.32 bits per heavy atom. The van der Waals surface area contributed by atoms with E-state index in [-0.39, 0.29) is 22.6 Å².